The van der Waals surface area contributed by atoms with Crippen LogP contribution in [0.3, 0.4) is 0 Å². The first kappa shape index (κ1) is 19.6. The third-order valence-electron chi connectivity index (χ3n) is 4.60. The molecule has 1 aromatic carbocycles. The van der Waals surface area contributed by atoms with Crippen LogP contribution in [-0.2, 0) is 16.0 Å². The number of likely N-dealkylation sites (N-methyl/N-ethyl adjacent to an activating group) is 1. The number of hydrogen-bond donors (Lipinski definition) is 1. The lowest BCUT2D eigenvalue weighted by Gasteiger charge is -2.23. The Kier molecular flexibility index (Phi) is 6.68. The van der Waals surface area contributed by atoms with E-state index >= 15 is 0 Å². The normalized spacial score (nSPS) is 16.3. The molecule has 1 N–H and O–H groups in total. The van der Waals surface area contributed by atoms with Crippen LogP contribution in [0.15, 0.2) is 45.5 Å². The number of hydrogen-bond acceptors (Lipinski definition) is 4. The summed E-state index contributed by atoms with van der Waals surface area (Å²) in [5, 5.41) is 2.77. The average Bonchev–Trinajstić information content (AvgIpc) is 3.32. The van der Waals surface area contributed by atoms with Gasteiger partial charge in [-0.2, -0.15) is 0 Å². The van der Waals surface area contributed by atoms with Crippen molar-refractivity contribution in [3.63, 3.8) is 0 Å². The van der Waals surface area contributed by atoms with E-state index in [1.807, 2.05) is 24.0 Å². The number of amides is 2. The van der Waals surface area contributed by atoms with E-state index in [1.165, 1.54) is 0 Å². The fourth-order valence-electron chi connectivity index (χ4n) is 3.07. The molecule has 1 aliphatic rings. The lowest BCUT2D eigenvalue weighted by molar-refractivity contribution is -0.130. The molecule has 2 aromatic rings. The van der Waals surface area contributed by atoms with Crippen molar-refractivity contribution in [3.8, 4) is 0 Å². The van der Waals surface area contributed by atoms with Gasteiger partial charge in [0.05, 0.1) is 13.0 Å². The minimum atomic E-state index is -0.319. The second kappa shape index (κ2) is 9.19. The molecule has 1 unspecified atom stereocenters. The summed E-state index contributed by atoms with van der Waals surface area (Å²) in [4.78, 5) is 26.6. The van der Waals surface area contributed by atoms with Crippen molar-refractivity contribution >= 4 is 33.4 Å². The number of benzene rings is 1. The standard InChI is InChI=1S/C20H23BrN2O4/c1-2-23(12-15-9-10-26-13-15)19(24)11-14-3-5-16(6-4-14)22-20(25)17-7-8-18(21)27-17/h3-8,15H,2,9-13H2,1H3,(H,22,25). The number of anilines is 1. The van der Waals surface area contributed by atoms with Crippen LogP contribution in [0.5, 0.6) is 0 Å². The first-order valence-electron chi connectivity index (χ1n) is 9.06. The van der Waals surface area contributed by atoms with Gasteiger partial charge in [0.25, 0.3) is 5.91 Å². The molecule has 0 aliphatic carbocycles. The van der Waals surface area contributed by atoms with E-state index in [1.54, 1.807) is 24.3 Å². The fourth-order valence-corrected chi connectivity index (χ4v) is 3.37. The van der Waals surface area contributed by atoms with Crippen LogP contribution in [0.25, 0.3) is 0 Å². The first-order chi connectivity index (χ1) is 13.0. The van der Waals surface area contributed by atoms with Gasteiger partial charge < -0.3 is 19.4 Å². The predicted octanol–water partition coefficient (Wildman–Crippen LogP) is 3.72. The van der Waals surface area contributed by atoms with Gasteiger partial charge in [-0.1, -0.05) is 12.1 Å². The maximum absolute atomic E-state index is 12.6. The zero-order valence-electron chi connectivity index (χ0n) is 15.2. The Bertz CT molecular complexity index is 782. The summed E-state index contributed by atoms with van der Waals surface area (Å²) < 4.78 is 11.1. The topological polar surface area (TPSA) is 71.8 Å². The third-order valence-corrected chi connectivity index (χ3v) is 5.03. The van der Waals surface area contributed by atoms with Crippen LogP contribution in [0.2, 0.25) is 0 Å². The molecular weight excluding hydrogens is 412 g/mol. The lowest BCUT2D eigenvalue weighted by Crippen LogP contribution is -2.36. The number of nitrogens with one attached hydrogen (secondary N) is 1. The fraction of sp³-hybridized carbons (Fsp3) is 0.400. The zero-order valence-corrected chi connectivity index (χ0v) is 16.8. The molecule has 2 amide bonds. The zero-order chi connectivity index (χ0) is 19.2. The van der Waals surface area contributed by atoms with Crippen LogP contribution < -0.4 is 5.32 Å². The molecule has 0 radical (unpaired) electrons. The molecule has 3 rings (SSSR count). The molecule has 1 atom stereocenters. The van der Waals surface area contributed by atoms with E-state index in [2.05, 4.69) is 21.2 Å². The molecule has 144 valence electrons. The molecule has 0 spiro atoms. The molecular formula is C20H23BrN2O4. The van der Waals surface area contributed by atoms with Crippen molar-refractivity contribution < 1.29 is 18.7 Å². The van der Waals surface area contributed by atoms with E-state index in [-0.39, 0.29) is 17.6 Å². The van der Waals surface area contributed by atoms with Crippen molar-refractivity contribution in [2.45, 2.75) is 19.8 Å². The maximum Gasteiger partial charge on any atom is 0.291 e. The summed E-state index contributed by atoms with van der Waals surface area (Å²) in [5.41, 5.74) is 1.57. The summed E-state index contributed by atoms with van der Waals surface area (Å²) in [5.74, 6) is 0.464. The van der Waals surface area contributed by atoms with E-state index in [0.717, 1.165) is 31.7 Å². The number of furan rings is 1. The SMILES string of the molecule is CCN(CC1CCOC1)C(=O)Cc1ccc(NC(=O)c2ccc(Br)o2)cc1. The molecule has 0 bridgehead atoms. The van der Waals surface area contributed by atoms with Gasteiger partial charge >= 0.3 is 0 Å². The van der Waals surface area contributed by atoms with E-state index < -0.39 is 0 Å². The van der Waals surface area contributed by atoms with Gasteiger partial charge in [-0.05, 0) is 59.1 Å². The van der Waals surface area contributed by atoms with E-state index in [0.29, 0.717) is 29.2 Å². The number of nitrogens with zero attached hydrogens (tertiary/aromatic N) is 1. The van der Waals surface area contributed by atoms with Crippen LogP contribution in [0, 0.1) is 5.92 Å². The van der Waals surface area contributed by atoms with Crippen molar-refractivity contribution in [3.05, 3.63) is 52.4 Å². The number of rotatable bonds is 7. The highest BCUT2D eigenvalue weighted by Gasteiger charge is 2.21. The maximum atomic E-state index is 12.6. The molecule has 7 heteroatoms. The van der Waals surface area contributed by atoms with Crippen molar-refractivity contribution in [1.82, 2.24) is 4.90 Å². The lowest BCUT2D eigenvalue weighted by atomic mass is 10.1. The average molecular weight is 435 g/mol. The Morgan fingerprint density at radius 3 is 2.59 bits per heavy atom. The highest BCUT2D eigenvalue weighted by molar-refractivity contribution is 9.10. The minimum Gasteiger partial charge on any atom is -0.444 e. The second-order valence-corrected chi connectivity index (χ2v) is 7.38. The van der Waals surface area contributed by atoms with Gasteiger partial charge in [0.2, 0.25) is 5.91 Å². The summed E-state index contributed by atoms with van der Waals surface area (Å²) in [6.45, 7) is 4.98. The molecule has 6 nitrogen and oxygen atoms in total. The molecule has 2 heterocycles. The Balaban J connectivity index is 1.54. The predicted molar refractivity (Wildman–Crippen MR) is 106 cm³/mol. The molecule has 1 aliphatic heterocycles. The Morgan fingerprint density at radius 2 is 2.00 bits per heavy atom. The Hall–Kier alpha value is -2.12. The van der Waals surface area contributed by atoms with Crippen molar-refractivity contribution in [1.29, 1.82) is 0 Å². The molecule has 1 aromatic heterocycles. The monoisotopic (exact) mass is 434 g/mol. The van der Waals surface area contributed by atoms with Crippen molar-refractivity contribution in [2.75, 3.05) is 31.6 Å². The minimum absolute atomic E-state index is 0.113. The summed E-state index contributed by atoms with van der Waals surface area (Å²) >= 11 is 3.17. The molecule has 27 heavy (non-hydrogen) atoms. The molecule has 1 saturated heterocycles. The van der Waals surface area contributed by atoms with Gasteiger partial charge in [-0.15, -0.1) is 0 Å². The number of carbonyl (C=O) groups excluding carboxylic acids is 2. The van der Waals surface area contributed by atoms with Crippen LogP contribution in [0.4, 0.5) is 5.69 Å². The molecule has 1 fully saturated rings. The van der Waals surface area contributed by atoms with Gasteiger partial charge in [-0.25, -0.2) is 0 Å². The first-order valence-corrected chi connectivity index (χ1v) is 9.85. The number of carbonyl (C=O) groups is 2. The van der Waals surface area contributed by atoms with Crippen LogP contribution in [0.1, 0.15) is 29.5 Å². The smallest absolute Gasteiger partial charge is 0.291 e. The number of ether oxygens (including phenoxy) is 1. The summed E-state index contributed by atoms with van der Waals surface area (Å²) in [7, 11) is 0. The van der Waals surface area contributed by atoms with Gasteiger partial charge in [0, 0.05) is 31.3 Å². The molecule has 0 saturated carbocycles. The quantitative estimate of drug-likeness (QED) is 0.720. The van der Waals surface area contributed by atoms with Crippen molar-refractivity contribution in [2.24, 2.45) is 5.92 Å². The summed E-state index contributed by atoms with van der Waals surface area (Å²) in [6.07, 6.45) is 1.37. The Labute approximate surface area is 167 Å². The van der Waals surface area contributed by atoms with Gasteiger partial charge in [-0.3, -0.25) is 9.59 Å². The van der Waals surface area contributed by atoms with E-state index in [9.17, 15) is 9.59 Å². The largest absolute Gasteiger partial charge is 0.444 e. The van der Waals surface area contributed by atoms with Crippen LogP contribution >= 0.6 is 15.9 Å². The Morgan fingerprint density at radius 1 is 1.22 bits per heavy atom. The second-order valence-electron chi connectivity index (χ2n) is 6.59. The van der Waals surface area contributed by atoms with E-state index in [4.69, 9.17) is 9.15 Å². The summed E-state index contributed by atoms with van der Waals surface area (Å²) in [6, 6.07) is 10.6. The van der Waals surface area contributed by atoms with Gasteiger partial charge in [0.1, 0.15) is 0 Å². The highest BCUT2D eigenvalue weighted by atomic mass is 79.9. The van der Waals surface area contributed by atoms with Crippen LogP contribution in [-0.4, -0.2) is 43.0 Å². The number of halogens is 1. The van der Waals surface area contributed by atoms with Gasteiger partial charge in [0.15, 0.2) is 10.4 Å². The third kappa shape index (κ3) is 5.43. The highest BCUT2D eigenvalue weighted by Crippen LogP contribution is 2.18.